The van der Waals surface area contributed by atoms with E-state index in [-0.39, 0.29) is 10.6 Å². The van der Waals surface area contributed by atoms with Crippen molar-refractivity contribution >= 4 is 11.4 Å². The van der Waals surface area contributed by atoms with E-state index < -0.39 is 0 Å². The van der Waals surface area contributed by atoms with Crippen molar-refractivity contribution in [2.75, 3.05) is 32.1 Å². The van der Waals surface area contributed by atoms with Crippen LogP contribution < -0.4 is 4.90 Å². The minimum absolute atomic E-state index is 0.225. The molecule has 1 aromatic carbocycles. The molecule has 0 unspecified atom stereocenters. The van der Waals surface area contributed by atoms with Gasteiger partial charge in [-0.1, -0.05) is 6.07 Å². The molecule has 0 amide bonds. The summed E-state index contributed by atoms with van der Waals surface area (Å²) in [6.45, 7) is 3.65. The zero-order valence-corrected chi connectivity index (χ0v) is 11.8. The molecule has 0 radical (unpaired) electrons. The summed E-state index contributed by atoms with van der Waals surface area (Å²) in [6.07, 6.45) is 2.11. The Morgan fingerprint density at radius 3 is 2.47 bits per heavy atom. The van der Waals surface area contributed by atoms with E-state index in [1.54, 1.807) is 6.07 Å². The van der Waals surface area contributed by atoms with Crippen LogP contribution in [0.1, 0.15) is 18.4 Å². The highest BCUT2D eigenvalue weighted by Crippen LogP contribution is 2.31. The standard InChI is InChI=1S/C14H21N3O2/c1-11-4-5-13(14(10-11)17(18)19)16-8-6-12(7-9-16)15(2)3/h4-5,10,12H,6-9H2,1-3H3. The fraction of sp³-hybridized carbons (Fsp3) is 0.571. The maximum Gasteiger partial charge on any atom is 0.292 e. The predicted octanol–water partition coefficient (Wildman–Crippen LogP) is 2.43. The first kappa shape index (κ1) is 13.8. The summed E-state index contributed by atoms with van der Waals surface area (Å²) in [5, 5.41) is 11.2. The van der Waals surface area contributed by atoms with Gasteiger partial charge in [-0.15, -0.1) is 0 Å². The molecule has 2 rings (SSSR count). The van der Waals surface area contributed by atoms with Crippen molar-refractivity contribution in [3.63, 3.8) is 0 Å². The highest BCUT2D eigenvalue weighted by Gasteiger charge is 2.25. The third kappa shape index (κ3) is 3.04. The molecule has 1 heterocycles. The van der Waals surface area contributed by atoms with Crippen molar-refractivity contribution in [3.05, 3.63) is 33.9 Å². The molecule has 0 saturated carbocycles. The van der Waals surface area contributed by atoms with E-state index in [0.717, 1.165) is 37.2 Å². The molecular formula is C14H21N3O2. The molecule has 1 aliphatic heterocycles. The Bertz CT molecular complexity index is 466. The van der Waals surface area contributed by atoms with Crippen LogP contribution in [-0.4, -0.2) is 43.0 Å². The minimum Gasteiger partial charge on any atom is -0.366 e. The molecule has 0 spiro atoms. The number of nitro groups is 1. The first-order valence-electron chi connectivity index (χ1n) is 6.65. The van der Waals surface area contributed by atoms with Gasteiger partial charge in [0, 0.05) is 25.2 Å². The maximum atomic E-state index is 11.2. The van der Waals surface area contributed by atoms with E-state index in [2.05, 4.69) is 23.9 Å². The SMILES string of the molecule is Cc1ccc(N2CCC(N(C)C)CC2)c([N+](=O)[O-])c1. The number of nitrogens with zero attached hydrogens (tertiary/aromatic N) is 3. The van der Waals surface area contributed by atoms with Gasteiger partial charge in [-0.3, -0.25) is 10.1 Å². The lowest BCUT2D eigenvalue weighted by Gasteiger charge is -2.36. The van der Waals surface area contributed by atoms with Crippen molar-refractivity contribution in [1.29, 1.82) is 0 Å². The molecule has 0 N–H and O–H groups in total. The molecule has 5 nitrogen and oxygen atoms in total. The number of hydrogen-bond donors (Lipinski definition) is 0. The summed E-state index contributed by atoms with van der Waals surface area (Å²) in [5.74, 6) is 0. The van der Waals surface area contributed by atoms with Gasteiger partial charge in [-0.2, -0.15) is 0 Å². The van der Waals surface area contributed by atoms with E-state index in [0.29, 0.717) is 6.04 Å². The van der Waals surface area contributed by atoms with Crippen LogP contribution in [0.15, 0.2) is 18.2 Å². The Morgan fingerprint density at radius 2 is 1.95 bits per heavy atom. The number of anilines is 1. The molecule has 19 heavy (non-hydrogen) atoms. The second kappa shape index (κ2) is 5.57. The van der Waals surface area contributed by atoms with Crippen LogP contribution in [0, 0.1) is 17.0 Å². The molecule has 0 aliphatic carbocycles. The summed E-state index contributed by atoms with van der Waals surface area (Å²) < 4.78 is 0. The molecular weight excluding hydrogens is 242 g/mol. The average molecular weight is 263 g/mol. The zero-order valence-electron chi connectivity index (χ0n) is 11.8. The Balaban J connectivity index is 2.17. The summed E-state index contributed by atoms with van der Waals surface area (Å²) in [4.78, 5) is 15.3. The second-order valence-electron chi connectivity index (χ2n) is 5.43. The average Bonchev–Trinajstić information content (AvgIpc) is 2.38. The van der Waals surface area contributed by atoms with Crippen LogP contribution in [0.3, 0.4) is 0 Å². The summed E-state index contributed by atoms with van der Waals surface area (Å²) in [6, 6.07) is 6.07. The van der Waals surface area contributed by atoms with E-state index >= 15 is 0 Å². The number of piperidine rings is 1. The van der Waals surface area contributed by atoms with Crippen LogP contribution in [0.25, 0.3) is 0 Å². The Hall–Kier alpha value is -1.62. The van der Waals surface area contributed by atoms with Gasteiger partial charge < -0.3 is 9.80 Å². The maximum absolute atomic E-state index is 11.2. The van der Waals surface area contributed by atoms with E-state index in [1.165, 1.54) is 0 Å². The van der Waals surface area contributed by atoms with Crippen molar-refractivity contribution in [2.45, 2.75) is 25.8 Å². The molecule has 0 bridgehead atoms. The summed E-state index contributed by atoms with van der Waals surface area (Å²) in [7, 11) is 4.18. The number of aryl methyl sites for hydroxylation is 1. The minimum atomic E-state index is -0.277. The van der Waals surface area contributed by atoms with Gasteiger partial charge in [0.2, 0.25) is 0 Å². The number of nitro benzene ring substituents is 1. The lowest BCUT2D eigenvalue weighted by Crippen LogP contribution is -2.42. The van der Waals surface area contributed by atoms with E-state index in [4.69, 9.17) is 0 Å². The summed E-state index contributed by atoms with van der Waals surface area (Å²) in [5.41, 5.74) is 1.91. The van der Waals surface area contributed by atoms with E-state index in [1.807, 2.05) is 19.1 Å². The van der Waals surface area contributed by atoms with Gasteiger partial charge in [0.15, 0.2) is 0 Å². The van der Waals surface area contributed by atoms with Crippen LogP contribution in [-0.2, 0) is 0 Å². The fourth-order valence-electron chi connectivity index (χ4n) is 2.67. The van der Waals surface area contributed by atoms with Crippen LogP contribution in [0.2, 0.25) is 0 Å². The number of benzene rings is 1. The van der Waals surface area contributed by atoms with Gasteiger partial charge in [-0.25, -0.2) is 0 Å². The van der Waals surface area contributed by atoms with Crippen LogP contribution in [0.4, 0.5) is 11.4 Å². The smallest absolute Gasteiger partial charge is 0.292 e. The van der Waals surface area contributed by atoms with Gasteiger partial charge in [0.25, 0.3) is 5.69 Å². The van der Waals surface area contributed by atoms with Crippen molar-refractivity contribution in [3.8, 4) is 0 Å². The highest BCUT2D eigenvalue weighted by atomic mass is 16.6. The van der Waals surface area contributed by atoms with Crippen LogP contribution in [0.5, 0.6) is 0 Å². The van der Waals surface area contributed by atoms with Crippen LogP contribution >= 0.6 is 0 Å². The fourth-order valence-corrected chi connectivity index (χ4v) is 2.67. The van der Waals surface area contributed by atoms with Crippen molar-refractivity contribution in [1.82, 2.24) is 4.90 Å². The van der Waals surface area contributed by atoms with Crippen molar-refractivity contribution in [2.24, 2.45) is 0 Å². The third-order valence-corrected chi connectivity index (χ3v) is 3.86. The molecule has 0 atom stereocenters. The lowest BCUT2D eigenvalue weighted by molar-refractivity contribution is -0.384. The first-order valence-corrected chi connectivity index (χ1v) is 6.65. The molecule has 1 saturated heterocycles. The van der Waals surface area contributed by atoms with Gasteiger partial charge in [0.1, 0.15) is 5.69 Å². The Morgan fingerprint density at radius 1 is 1.32 bits per heavy atom. The van der Waals surface area contributed by atoms with Gasteiger partial charge in [-0.05, 0) is 45.5 Å². The summed E-state index contributed by atoms with van der Waals surface area (Å²) >= 11 is 0. The molecule has 104 valence electrons. The van der Waals surface area contributed by atoms with Gasteiger partial charge >= 0.3 is 0 Å². The first-order chi connectivity index (χ1) is 8.99. The van der Waals surface area contributed by atoms with E-state index in [9.17, 15) is 10.1 Å². The third-order valence-electron chi connectivity index (χ3n) is 3.86. The number of hydrogen-bond acceptors (Lipinski definition) is 4. The quantitative estimate of drug-likeness (QED) is 0.621. The molecule has 0 aromatic heterocycles. The molecule has 1 aliphatic rings. The lowest BCUT2D eigenvalue weighted by atomic mass is 10.0. The molecule has 1 fully saturated rings. The predicted molar refractivity (Wildman–Crippen MR) is 76.8 cm³/mol. The zero-order chi connectivity index (χ0) is 14.0. The highest BCUT2D eigenvalue weighted by molar-refractivity contribution is 5.64. The Kier molecular flexibility index (Phi) is 4.04. The largest absolute Gasteiger partial charge is 0.366 e. The van der Waals surface area contributed by atoms with Gasteiger partial charge in [0.05, 0.1) is 4.92 Å². The topological polar surface area (TPSA) is 49.6 Å². The normalized spacial score (nSPS) is 16.9. The molecule has 5 heteroatoms. The molecule has 1 aromatic rings. The monoisotopic (exact) mass is 263 g/mol. The number of rotatable bonds is 3. The van der Waals surface area contributed by atoms with Crippen molar-refractivity contribution < 1.29 is 4.92 Å². The Labute approximate surface area is 114 Å². The second-order valence-corrected chi connectivity index (χ2v) is 5.43.